The number of imide groups is 2. The van der Waals surface area contributed by atoms with Crippen molar-refractivity contribution in [3.05, 3.63) is 114 Å². The van der Waals surface area contributed by atoms with Crippen LogP contribution in [0.4, 0.5) is 0 Å². The molecule has 4 heterocycles. The number of aryl methyl sites for hydroxylation is 1. The number of aromatic nitrogens is 3. The number of nitrogens with zero attached hydrogens (tertiary/aromatic N) is 5. The fourth-order valence-corrected chi connectivity index (χ4v) is 7.23. The molecule has 3 aromatic carbocycles. The fraction of sp³-hybridized carbons (Fsp3) is 0.262. The second-order valence-corrected chi connectivity index (χ2v) is 13.5. The van der Waals surface area contributed by atoms with Gasteiger partial charge in [0.15, 0.2) is 0 Å². The number of benzene rings is 3. The van der Waals surface area contributed by atoms with Crippen LogP contribution in [-0.4, -0.2) is 99.9 Å². The van der Waals surface area contributed by atoms with Crippen LogP contribution in [0.3, 0.4) is 0 Å². The number of amides is 4. The van der Waals surface area contributed by atoms with Crippen molar-refractivity contribution in [3.8, 4) is 39.6 Å². The number of oxime groups is 1. The lowest BCUT2D eigenvalue weighted by atomic mass is 9.98. The summed E-state index contributed by atoms with van der Waals surface area (Å²) in [6, 6.07) is 21.4. The summed E-state index contributed by atoms with van der Waals surface area (Å²) < 4.78 is 24.8. The van der Waals surface area contributed by atoms with Gasteiger partial charge in [-0.15, -0.1) is 0 Å². The zero-order valence-corrected chi connectivity index (χ0v) is 30.8. The van der Waals surface area contributed by atoms with Crippen LogP contribution in [0.2, 0.25) is 0 Å². The number of pyridine rings is 1. The van der Waals surface area contributed by atoms with Gasteiger partial charge >= 0.3 is 0 Å². The molecule has 1 unspecified atom stereocenters. The first-order chi connectivity index (χ1) is 27.9. The van der Waals surface area contributed by atoms with Crippen molar-refractivity contribution < 1.29 is 43.3 Å². The molecule has 0 spiro atoms. The predicted octanol–water partition coefficient (Wildman–Crippen LogP) is 4.62. The first-order valence-electron chi connectivity index (χ1n) is 18.6. The highest BCUT2D eigenvalue weighted by Gasteiger charge is 2.46. The molecule has 290 valence electrons. The highest BCUT2D eigenvalue weighted by molar-refractivity contribution is 6.24. The minimum Gasteiger partial charge on any atom is -0.491 e. The molecule has 1 atom stereocenters. The van der Waals surface area contributed by atoms with Gasteiger partial charge in [-0.3, -0.25) is 34.4 Å². The van der Waals surface area contributed by atoms with Gasteiger partial charge in [0, 0.05) is 41.7 Å². The molecule has 0 saturated carbocycles. The Labute approximate surface area is 326 Å². The van der Waals surface area contributed by atoms with Crippen molar-refractivity contribution in [1.82, 2.24) is 25.0 Å². The van der Waals surface area contributed by atoms with Crippen molar-refractivity contribution in [2.75, 3.05) is 39.6 Å². The van der Waals surface area contributed by atoms with Crippen LogP contribution in [0.15, 0.2) is 96.5 Å². The van der Waals surface area contributed by atoms with Gasteiger partial charge in [-0.1, -0.05) is 29.4 Å². The van der Waals surface area contributed by atoms with E-state index in [2.05, 4.69) is 21.5 Å². The van der Waals surface area contributed by atoms with Crippen LogP contribution in [0.1, 0.15) is 51.1 Å². The number of fused-ring (bicyclic) bond motifs is 2. The van der Waals surface area contributed by atoms with E-state index in [0.717, 1.165) is 50.5 Å². The van der Waals surface area contributed by atoms with E-state index in [-0.39, 0.29) is 42.9 Å². The van der Waals surface area contributed by atoms with E-state index in [0.29, 0.717) is 44.3 Å². The number of rotatable bonds is 15. The average molecular weight is 771 g/mol. The smallest absolute Gasteiger partial charge is 0.266 e. The summed E-state index contributed by atoms with van der Waals surface area (Å²) in [5.74, 6) is -1.41. The first kappa shape index (κ1) is 37.2. The Kier molecular flexibility index (Phi) is 10.8. The molecule has 2 aromatic heterocycles. The summed E-state index contributed by atoms with van der Waals surface area (Å²) in [6.45, 7) is 1.66. The van der Waals surface area contributed by atoms with Crippen molar-refractivity contribution >= 4 is 29.3 Å². The monoisotopic (exact) mass is 770 g/mol. The summed E-state index contributed by atoms with van der Waals surface area (Å²) in [4.78, 5) is 55.2. The molecule has 2 N–H and O–H groups in total. The number of ether oxygens (including phenoxy) is 4. The number of carbonyl (C=O) groups is 4. The van der Waals surface area contributed by atoms with E-state index >= 15 is 0 Å². The zero-order valence-electron chi connectivity index (χ0n) is 30.8. The van der Waals surface area contributed by atoms with Gasteiger partial charge < -0.3 is 24.2 Å². The predicted molar refractivity (Wildman–Crippen MR) is 205 cm³/mol. The molecule has 2 aliphatic heterocycles. The van der Waals surface area contributed by atoms with Crippen LogP contribution in [0.25, 0.3) is 28.1 Å². The molecule has 1 aliphatic carbocycles. The van der Waals surface area contributed by atoms with Gasteiger partial charge in [0.25, 0.3) is 11.8 Å². The standard InChI is InChI=1S/C42H38N6O9/c49-37-13-12-35(40(50)44-37)48-41(51)32-2-1-3-36(38(32)42(48)52)57-23-21-55-19-18-54-20-22-56-30-8-6-29(7-9-30)47-25-33(39(45-47)26-14-16-43-17-15-26)28-4-10-31-27(24-28)5-11-34(31)46-53/h1-4,6-10,14-17,24-25,35,53H,5,11-13,18-23H2,(H,44,49,50)/b46-34+. The molecule has 15 heteroatoms. The molecular weight excluding hydrogens is 732 g/mol. The van der Waals surface area contributed by atoms with Crippen molar-refractivity contribution in [1.29, 1.82) is 0 Å². The Morgan fingerprint density at radius 1 is 0.754 bits per heavy atom. The Balaban J connectivity index is 0.780. The Bertz CT molecular complexity index is 2360. The van der Waals surface area contributed by atoms with Gasteiger partial charge in [-0.25, -0.2) is 4.68 Å². The average Bonchev–Trinajstić information content (AvgIpc) is 3.93. The summed E-state index contributed by atoms with van der Waals surface area (Å²) in [6.07, 6.45) is 7.17. The molecule has 5 aromatic rings. The highest BCUT2D eigenvalue weighted by atomic mass is 16.6. The maximum absolute atomic E-state index is 13.2. The second-order valence-electron chi connectivity index (χ2n) is 13.5. The van der Waals surface area contributed by atoms with Crippen molar-refractivity contribution in [3.63, 3.8) is 0 Å². The maximum atomic E-state index is 13.2. The molecule has 57 heavy (non-hydrogen) atoms. The fourth-order valence-electron chi connectivity index (χ4n) is 7.23. The number of hydrogen-bond donors (Lipinski definition) is 2. The van der Waals surface area contributed by atoms with Gasteiger partial charge in [0.2, 0.25) is 11.8 Å². The van der Waals surface area contributed by atoms with Gasteiger partial charge in [-0.05, 0) is 78.9 Å². The van der Waals surface area contributed by atoms with Gasteiger partial charge in [0.1, 0.15) is 36.4 Å². The lowest BCUT2D eigenvalue weighted by molar-refractivity contribution is -0.136. The number of nitrogens with one attached hydrogen (secondary N) is 1. The van der Waals surface area contributed by atoms with Crippen LogP contribution < -0.4 is 14.8 Å². The number of piperidine rings is 1. The molecule has 8 rings (SSSR count). The summed E-state index contributed by atoms with van der Waals surface area (Å²) in [7, 11) is 0. The topological polar surface area (TPSA) is 184 Å². The van der Waals surface area contributed by atoms with Gasteiger partial charge in [0.05, 0.1) is 49.0 Å². The lowest BCUT2D eigenvalue weighted by Gasteiger charge is -2.27. The molecular formula is C42H38N6O9. The first-order valence-corrected chi connectivity index (χ1v) is 18.6. The third-order valence-electron chi connectivity index (χ3n) is 10.0. The third kappa shape index (κ3) is 7.75. The van der Waals surface area contributed by atoms with E-state index in [1.807, 2.05) is 59.4 Å². The Hall–Kier alpha value is -6.71. The van der Waals surface area contributed by atoms with Crippen LogP contribution in [0, 0.1) is 0 Å². The van der Waals surface area contributed by atoms with Crippen molar-refractivity contribution in [2.24, 2.45) is 5.16 Å². The number of hydrogen-bond acceptors (Lipinski definition) is 12. The van der Waals surface area contributed by atoms with E-state index in [1.54, 1.807) is 24.5 Å². The Morgan fingerprint density at radius 3 is 2.26 bits per heavy atom. The normalized spacial score (nSPS) is 16.9. The summed E-state index contributed by atoms with van der Waals surface area (Å²) >= 11 is 0. The minimum atomic E-state index is -1.05. The van der Waals surface area contributed by atoms with E-state index in [1.165, 1.54) is 6.07 Å². The largest absolute Gasteiger partial charge is 0.491 e. The molecule has 0 radical (unpaired) electrons. The summed E-state index contributed by atoms with van der Waals surface area (Å²) in [5.41, 5.74) is 7.72. The molecule has 4 amide bonds. The molecule has 1 fully saturated rings. The van der Waals surface area contributed by atoms with E-state index in [9.17, 15) is 24.4 Å². The number of carbonyl (C=O) groups excluding carboxylic acids is 4. The third-order valence-corrected chi connectivity index (χ3v) is 10.0. The molecule has 3 aliphatic rings. The lowest BCUT2D eigenvalue weighted by Crippen LogP contribution is -2.54. The Morgan fingerprint density at radius 2 is 1.51 bits per heavy atom. The molecule has 15 nitrogen and oxygen atoms in total. The van der Waals surface area contributed by atoms with Crippen molar-refractivity contribution in [2.45, 2.75) is 31.7 Å². The second kappa shape index (κ2) is 16.6. The molecule has 1 saturated heterocycles. The SMILES string of the molecule is O=C1CCC(N2C(=O)c3cccc(OCCOCCOCCOc4ccc(-n5cc(-c6ccc7c(c6)CC/C7=N\O)c(-c6ccncc6)n5)cc4)c3C2=O)C(=O)N1. The molecule has 0 bridgehead atoms. The van der Waals surface area contributed by atoms with Crippen LogP contribution in [-0.2, 0) is 25.5 Å². The van der Waals surface area contributed by atoms with Crippen LogP contribution in [0.5, 0.6) is 11.5 Å². The van der Waals surface area contributed by atoms with Crippen LogP contribution >= 0.6 is 0 Å². The van der Waals surface area contributed by atoms with Gasteiger partial charge in [-0.2, -0.15) is 5.10 Å². The van der Waals surface area contributed by atoms with E-state index in [4.69, 9.17) is 24.0 Å². The quantitative estimate of drug-likeness (QED) is 0.0656. The zero-order chi connectivity index (χ0) is 39.3. The summed E-state index contributed by atoms with van der Waals surface area (Å²) in [5, 5.41) is 20.0. The highest BCUT2D eigenvalue weighted by Crippen LogP contribution is 2.36. The van der Waals surface area contributed by atoms with E-state index < -0.39 is 29.7 Å². The minimum absolute atomic E-state index is 0.0447. The maximum Gasteiger partial charge on any atom is 0.266 e.